The lowest BCUT2D eigenvalue weighted by molar-refractivity contribution is -0.145. The summed E-state index contributed by atoms with van der Waals surface area (Å²) in [6.07, 6.45) is -1.00. The first-order valence-electron chi connectivity index (χ1n) is 4.78. The van der Waals surface area contributed by atoms with Crippen molar-refractivity contribution in [3.8, 4) is 0 Å². The van der Waals surface area contributed by atoms with E-state index >= 15 is 0 Å². The van der Waals surface area contributed by atoms with Crippen LogP contribution in [-0.2, 0) is 4.79 Å². The topological polar surface area (TPSA) is 104 Å². The van der Waals surface area contributed by atoms with Crippen molar-refractivity contribution < 1.29 is 20.1 Å². The average molecular weight is 201 g/mol. The molecule has 0 radical (unpaired) electrons. The molecule has 0 aromatic rings. The van der Waals surface area contributed by atoms with E-state index in [-0.39, 0.29) is 23.7 Å². The van der Waals surface area contributed by atoms with Gasteiger partial charge in [0, 0.05) is 5.92 Å². The minimum absolute atomic E-state index is 0.0658. The second kappa shape index (κ2) is 2.68. The van der Waals surface area contributed by atoms with Gasteiger partial charge in [0.1, 0.15) is 5.54 Å². The maximum atomic E-state index is 11.0. The Hall–Kier alpha value is -0.650. The highest BCUT2D eigenvalue weighted by Gasteiger charge is 2.71. The molecule has 0 aromatic heterocycles. The first-order chi connectivity index (χ1) is 6.39. The van der Waals surface area contributed by atoms with E-state index in [0.29, 0.717) is 6.42 Å². The lowest BCUT2D eigenvalue weighted by Crippen LogP contribution is -2.50. The summed E-state index contributed by atoms with van der Waals surface area (Å²) in [6.45, 7) is 1.91. The molecule has 2 aliphatic rings. The molecule has 0 spiro atoms. The Morgan fingerprint density at radius 1 is 1.57 bits per heavy atom. The number of carbonyl (C=O) groups is 1. The Morgan fingerprint density at radius 2 is 2.14 bits per heavy atom. The molecule has 5 atom stereocenters. The van der Waals surface area contributed by atoms with Crippen LogP contribution in [0, 0.1) is 23.7 Å². The molecule has 0 aromatic carbocycles. The van der Waals surface area contributed by atoms with Crippen LogP contribution in [0.25, 0.3) is 0 Å². The lowest BCUT2D eigenvalue weighted by atomic mass is 9.88. The third-order valence-corrected chi connectivity index (χ3v) is 3.79. The summed E-state index contributed by atoms with van der Waals surface area (Å²) >= 11 is 0. The monoisotopic (exact) mass is 201 g/mol. The van der Waals surface area contributed by atoms with E-state index in [2.05, 4.69) is 0 Å². The molecule has 80 valence electrons. The Kier molecular flexibility index (Phi) is 1.90. The van der Waals surface area contributed by atoms with Gasteiger partial charge < -0.3 is 21.1 Å². The Bertz CT molecular complexity index is 276. The van der Waals surface area contributed by atoms with Gasteiger partial charge in [0.25, 0.3) is 0 Å². The summed E-state index contributed by atoms with van der Waals surface area (Å²) in [4.78, 5) is 11.0. The molecular formula is C9H15NO4. The van der Waals surface area contributed by atoms with Crippen LogP contribution in [0.15, 0.2) is 0 Å². The Labute approximate surface area is 81.5 Å². The molecule has 0 amide bonds. The second-order valence-electron chi connectivity index (χ2n) is 4.62. The van der Waals surface area contributed by atoms with Crippen molar-refractivity contribution in [2.45, 2.75) is 25.2 Å². The molecule has 0 aliphatic heterocycles. The molecule has 2 aliphatic carbocycles. The minimum Gasteiger partial charge on any atom is -0.480 e. The van der Waals surface area contributed by atoms with E-state index in [0.717, 1.165) is 0 Å². The number of aliphatic carboxylic acids is 1. The van der Waals surface area contributed by atoms with Crippen molar-refractivity contribution in [2.75, 3.05) is 0 Å². The lowest BCUT2D eigenvalue weighted by Gasteiger charge is -2.24. The van der Waals surface area contributed by atoms with Crippen molar-refractivity contribution >= 4 is 5.97 Å². The van der Waals surface area contributed by atoms with E-state index in [1.165, 1.54) is 0 Å². The van der Waals surface area contributed by atoms with Gasteiger partial charge in [0.2, 0.25) is 0 Å². The molecule has 0 bridgehead atoms. The van der Waals surface area contributed by atoms with Crippen LogP contribution in [0.2, 0.25) is 0 Å². The molecule has 2 rings (SSSR count). The summed E-state index contributed by atoms with van der Waals surface area (Å²) in [7, 11) is 0. The predicted octanol–water partition coefficient (Wildman–Crippen LogP) is -1.02. The number of aliphatic hydroxyl groups excluding tert-OH is 1. The summed E-state index contributed by atoms with van der Waals surface area (Å²) in [5.74, 6) is -1.42. The predicted molar refractivity (Wildman–Crippen MR) is 47.0 cm³/mol. The van der Waals surface area contributed by atoms with Gasteiger partial charge in [0.05, 0.1) is 0 Å². The number of nitrogens with two attached hydrogens (primary N) is 1. The highest BCUT2D eigenvalue weighted by atomic mass is 16.5. The number of carboxylic acid groups (broad SMARTS) is 1. The molecule has 2 fully saturated rings. The molecule has 5 heteroatoms. The smallest absolute Gasteiger partial charge is 0.323 e. The zero-order valence-electron chi connectivity index (χ0n) is 7.92. The van der Waals surface area contributed by atoms with Crippen molar-refractivity contribution in [2.24, 2.45) is 29.4 Å². The van der Waals surface area contributed by atoms with E-state index in [9.17, 15) is 4.79 Å². The Morgan fingerprint density at radius 3 is 2.50 bits per heavy atom. The largest absolute Gasteiger partial charge is 0.480 e. The van der Waals surface area contributed by atoms with Gasteiger partial charge in [-0.2, -0.15) is 0 Å². The van der Waals surface area contributed by atoms with E-state index in [1.54, 1.807) is 0 Å². The molecule has 5 N–H and O–H groups in total. The first-order valence-corrected chi connectivity index (χ1v) is 4.78. The van der Waals surface area contributed by atoms with Crippen molar-refractivity contribution in [1.29, 1.82) is 0 Å². The van der Waals surface area contributed by atoms with Gasteiger partial charge in [-0.05, 0) is 24.2 Å². The molecule has 0 heterocycles. The van der Waals surface area contributed by atoms with Crippen LogP contribution in [-0.4, -0.2) is 33.1 Å². The molecule has 4 unspecified atom stereocenters. The van der Waals surface area contributed by atoms with Crippen molar-refractivity contribution in [1.82, 2.24) is 0 Å². The van der Waals surface area contributed by atoms with E-state index in [4.69, 9.17) is 21.1 Å². The first kappa shape index (κ1) is 9.89. The molecule has 2 saturated carbocycles. The maximum Gasteiger partial charge on any atom is 0.323 e. The normalized spacial score (nSPS) is 50.6. The third kappa shape index (κ3) is 1.03. The Balaban J connectivity index is 2.22. The third-order valence-electron chi connectivity index (χ3n) is 3.79. The van der Waals surface area contributed by atoms with Crippen molar-refractivity contribution in [3.63, 3.8) is 0 Å². The van der Waals surface area contributed by atoms with Crippen LogP contribution in [0.3, 0.4) is 0 Å². The number of fused-ring (bicyclic) bond motifs is 1. The van der Waals surface area contributed by atoms with Gasteiger partial charge in [-0.15, -0.1) is 0 Å². The zero-order valence-corrected chi connectivity index (χ0v) is 7.92. The molecule has 5 nitrogen and oxygen atoms in total. The minimum atomic E-state index is -1.44. The fourth-order valence-corrected chi connectivity index (χ4v) is 3.20. The SMILES string of the molecule is C[C@@H]1CC(N)(C(=O)O)C2C(C(O)O)C21. The quantitative estimate of drug-likeness (QED) is 0.428. The molecule has 14 heavy (non-hydrogen) atoms. The van der Waals surface area contributed by atoms with Crippen LogP contribution in [0.1, 0.15) is 13.3 Å². The number of aliphatic hydroxyl groups is 2. The van der Waals surface area contributed by atoms with Crippen molar-refractivity contribution in [3.05, 3.63) is 0 Å². The summed E-state index contributed by atoms with van der Waals surface area (Å²) < 4.78 is 0. The van der Waals surface area contributed by atoms with Gasteiger partial charge in [-0.3, -0.25) is 4.79 Å². The summed E-state index contributed by atoms with van der Waals surface area (Å²) in [6, 6.07) is 0. The standard InChI is InChI=1S/C9H15NO4/c1-3-2-9(10,8(13)14)6-4(3)5(6)7(11)12/h3-7,11-12H,2,10H2,1H3,(H,13,14)/t3-,4?,5?,6?,9?/m1/s1. The van der Waals surface area contributed by atoms with Gasteiger partial charge in [-0.1, -0.05) is 6.92 Å². The highest BCUT2D eigenvalue weighted by molar-refractivity contribution is 5.80. The maximum absolute atomic E-state index is 11.0. The average Bonchev–Trinajstić information content (AvgIpc) is 2.72. The zero-order chi connectivity index (χ0) is 10.7. The van der Waals surface area contributed by atoms with Crippen LogP contribution < -0.4 is 5.73 Å². The molecule has 0 saturated heterocycles. The summed E-state index contributed by atoms with van der Waals surface area (Å²) in [5, 5.41) is 27.1. The van der Waals surface area contributed by atoms with Crippen LogP contribution >= 0.6 is 0 Å². The number of hydrogen-bond donors (Lipinski definition) is 4. The van der Waals surface area contributed by atoms with E-state index in [1.807, 2.05) is 6.92 Å². The number of rotatable bonds is 2. The summed E-state index contributed by atoms with van der Waals surface area (Å²) in [5.41, 5.74) is 4.53. The fraction of sp³-hybridized carbons (Fsp3) is 0.889. The number of hydrogen-bond acceptors (Lipinski definition) is 4. The van der Waals surface area contributed by atoms with E-state index < -0.39 is 17.8 Å². The highest BCUT2D eigenvalue weighted by Crippen LogP contribution is 2.64. The van der Waals surface area contributed by atoms with Crippen LogP contribution in [0.4, 0.5) is 0 Å². The van der Waals surface area contributed by atoms with Gasteiger partial charge in [-0.25, -0.2) is 0 Å². The number of carboxylic acids is 1. The van der Waals surface area contributed by atoms with Gasteiger partial charge in [0.15, 0.2) is 6.29 Å². The fourth-order valence-electron chi connectivity index (χ4n) is 3.20. The second-order valence-corrected chi connectivity index (χ2v) is 4.62. The van der Waals surface area contributed by atoms with Gasteiger partial charge >= 0.3 is 5.97 Å². The van der Waals surface area contributed by atoms with Crippen LogP contribution in [0.5, 0.6) is 0 Å². The molecular weight excluding hydrogens is 186 g/mol.